The highest BCUT2D eigenvalue weighted by atomic mass is 79.9. The summed E-state index contributed by atoms with van der Waals surface area (Å²) in [4.78, 5) is 11.9. The number of hydrogen-bond acceptors (Lipinski definition) is 2. The first-order valence-electron chi connectivity index (χ1n) is 6.78. The second-order valence-corrected chi connectivity index (χ2v) is 5.88. The summed E-state index contributed by atoms with van der Waals surface area (Å²) in [6.45, 7) is 0.805. The number of Topliss-reactive ketones (excluding diaryl/α,β-unsaturated/α-hetero) is 1. The van der Waals surface area contributed by atoms with E-state index in [0.29, 0.717) is 12.5 Å². The number of ketones is 1. The SMILES string of the molecule is O=C(CCNC1CCCCC1)c1ccc(Br)cc1. The van der Waals surface area contributed by atoms with Crippen molar-refractivity contribution in [3.05, 3.63) is 34.3 Å². The predicted octanol–water partition coefficient (Wildman–Crippen LogP) is 3.94. The number of nitrogens with one attached hydrogen (secondary N) is 1. The molecule has 0 saturated heterocycles. The number of carbonyl (C=O) groups is 1. The highest BCUT2D eigenvalue weighted by Gasteiger charge is 2.13. The maximum absolute atomic E-state index is 11.9. The first-order chi connectivity index (χ1) is 8.75. The Bertz CT molecular complexity index is 382. The summed E-state index contributed by atoms with van der Waals surface area (Å²) in [7, 11) is 0. The van der Waals surface area contributed by atoms with Crippen molar-refractivity contribution in [2.45, 2.75) is 44.6 Å². The van der Waals surface area contributed by atoms with E-state index in [2.05, 4.69) is 21.2 Å². The fourth-order valence-corrected chi connectivity index (χ4v) is 2.74. The molecule has 98 valence electrons. The van der Waals surface area contributed by atoms with Gasteiger partial charge in [-0.25, -0.2) is 0 Å². The molecule has 1 aromatic carbocycles. The van der Waals surface area contributed by atoms with Crippen molar-refractivity contribution in [2.75, 3.05) is 6.54 Å². The summed E-state index contributed by atoms with van der Waals surface area (Å²) >= 11 is 3.38. The van der Waals surface area contributed by atoms with E-state index in [4.69, 9.17) is 0 Å². The molecule has 0 aliphatic heterocycles. The molecule has 2 nitrogen and oxygen atoms in total. The minimum absolute atomic E-state index is 0.228. The van der Waals surface area contributed by atoms with Gasteiger partial charge in [0.2, 0.25) is 0 Å². The molecule has 0 unspecified atom stereocenters. The van der Waals surface area contributed by atoms with E-state index in [-0.39, 0.29) is 5.78 Å². The molecule has 0 radical (unpaired) electrons. The molecule has 1 N–H and O–H groups in total. The highest BCUT2D eigenvalue weighted by Crippen LogP contribution is 2.17. The third-order valence-corrected chi connectivity index (χ3v) is 4.09. The van der Waals surface area contributed by atoms with Crippen LogP contribution in [0, 0.1) is 0 Å². The topological polar surface area (TPSA) is 29.1 Å². The molecule has 1 aliphatic carbocycles. The maximum atomic E-state index is 11.9. The molecule has 1 saturated carbocycles. The zero-order chi connectivity index (χ0) is 12.8. The summed E-state index contributed by atoms with van der Waals surface area (Å²) in [6.07, 6.45) is 7.17. The third-order valence-electron chi connectivity index (χ3n) is 3.56. The monoisotopic (exact) mass is 309 g/mol. The molecule has 3 heteroatoms. The van der Waals surface area contributed by atoms with E-state index in [9.17, 15) is 4.79 Å². The van der Waals surface area contributed by atoms with Gasteiger partial charge in [-0.15, -0.1) is 0 Å². The van der Waals surface area contributed by atoms with Gasteiger partial charge in [-0.2, -0.15) is 0 Å². The van der Waals surface area contributed by atoms with E-state index in [1.54, 1.807) is 0 Å². The molecule has 0 atom stereocenters. The lowest BCUT2D eigenvalue weighted by atomic mass is 9.95. The lowest BCUT2D eigenvalue weighted by Crippen LogP contribution is -2.32. The molecule has 0 amide bonds. The number of hydrogen-bond donors (Lipinski definition) is 1. The van der Waals surface area contributed by atoms with Crippen molar-refractivity contribution in [3.63, 3.8) is 0 Å². The number of halogens is 1. The van der Waals surface area contributed by atoms with Crippen LogP contribution in [0.4, 0.5) is 0 Å². The van der Waals surface area contributed by atoms with Gasteiger partial charge in [0, 0.05) is 29.0 Å². The van der Waals surface area contributed by atoms with E-state index in [1.807, 2.05) is 24.3 Å². The van der Waals surface area contributed by atoms with Crippen molar-refractivity contribution in [1.82, 2.24) is 5.32 Å². The van der Waals surface area contributed by atoms with Crippen LogP contribution >= 0.6 is 15.9 Å². The van der Waals surface area contributed by atoms with Gasteiger partial charge in [0.15, 0.2) is 5.78 Å². The standard InChI is InChI=1S/C15H20BrNO/c16-13-8-6-12(7-9-13)15(18)10-11-17-14-4-2-1-3-5-14/h6-9,14,17H,1-5,10-11H2. The molecule has 1 fully saturated rings. The lowest BCUT2D eigenvalue weighted by molar-refractivity contribution is 0.0981. The Balaban J connectivity index is 1.72. The molecule has 0 aromatic heterocycles. The van der Waals surface area contributed by atoms with Gasteiger partial charge in [-0.1, -0.05) is 47.3 Å². The second-order valence-electron chi connectivity index (χ2n) is 4.97. The molecular weight excluding hydrogens is 290 g/mol. The fourth-order valence-electron chi connectivity index (χ4n) is 2.48. The first kappa shape index (κ1) is 13.8. The van der Waals surface area contributed by atoms with Crippen molar-refractivity contribution in [3.8, 4) is 0 Å². The van der Waals surface area contributed by atoms with E-state index in [1.165, 1.54) is 32.1 Å². The third kappa shape index (κ3) is 4.21. The van der Waals surface area contributed by atoms with Crippen LogP contribution < -0.4 is 5.32 Å². The van der Waals surface area contributed by atoms with Crippen LogP contribution in [0.1, 0.15) is 48.9 Å². The van der Waals surface area contributed by atoms with Gasteiger partial charge in [0.1, 0.15) is 0 Å². The zero-order valence-electron chi connectivity index (χ0n) is 10.6. The Labute approximate surface area is 117 Å². The average molecular weight is 310 g/mol. The zero-order valence-corrected chi connectivity index (χ0v) is 12.2. The quantitative estimate of drug-likeness (QED) is 0.835. The van der Waals surface area contributed by atoms with Crippen molar-refractivity contribution in [1.29, 1.82) is 0 Å². The van der Waals surface area contributed by atoms with Crippen LogP contribution in [0.3, 0.4) is 0 Å². The Kier molecular flexibility index (Phi) is 5.39. The van der Waals surface area contributed by atoms with E-state index < -0.39 is 0 Å². The van der Waals surface area contributed by atoms with E-state index in [0.717, 1.165) is 16.6 Å². The number of carbonyl (C=O) groups excluding carboxylic acids is 1. The van der Waals surface area contributed by atoms with Crippen molar-refractivity contribution < 1.29 is 4.79 Å². The van der Waals surface area contributed by atoms with Gasteiger partial charge in [-0.3, -0.25) is 4.79 Å². The maximum Gasteiger partial charge on any atom is 0.164 e. The minimum Gasteiger partial charge on any atom is -0.314 e. The Hall–Kier alpha value is -0.670. The highest BCUT2D eigenvalue weighted by molar-refractivity contribution is 9.10. The van der Waals surface area contributed by atoms with Crippen molar-refractivity contribution in [2.24, 2.45) is 0 Å². The minimum atomic E-state index is 0.228. The summed E-state index contributed by atoms with van der Waals surface area (Å²) in [6, 6.07) is 8.24. The predicted molar refractivity (Wildman–Crippen MR) is 78.0 cm³/mol. The number of benzene rings is 1. The van der Waals surface area contributed by atoms with Crippen LogP contribution in [0.5, 0.6) is 0 Å². The molecular formula is C15H20BrNO. The molecule has 0 spiro atoms. The summed E-state index contributed by atoms with van der Waals surface area (Å²) in [5.41, 5.74) is 0.809. The molecule has 2 rings (SSSR count). The smallest absolute Gasteiger partial charge is 0.164 e. The summed E-state index contributed by atoms with van der Waals surface area (Å²) in [5.74, 6) is 0.228. The van der Waals surface area contributed by atoms with Gasteiger partial charge in [0.05, 0.1) is 0 Å². The average Bonchev–Trinajstić information content (AvgIpc) is 2.40. The Morgan fingerprint density at radius 2 is 1.83 bits per heavy atom. The molecule has 0 heterocycles. The molecule has 1 aliphatic rings. The van der Waals surface area contributed by atoms with Crippen LogP contribution in [0.15, 0.2) is 28.7 Å². The van der Waals surface area contributed by atoms with Crippen LogP contribution in [-0.4, -0.2) is 18.4 Å². The van der Waals surface area contributed by atoms with Gasteiger partial charge < -0.3 is 5.32 Å². The normalized spacial score (nSPS) is 16.7. The van der Waals surface area contributed by atoms with Crippen LogP contribution in [0.2, 0.25) is 0 Å². The molecule has 1 aromatic rings. The lowest BCUT2D eigenvalue weighted by Gasteiger charge is -2.22. The molecule has 18 heavy (non-hydrogen) atoms. The van der Waals surface area contributed by atoms with Gasteiger partial charge >= 0.3 is 0 Å². The molecule has 0 bridgehead atoms. The summed E-state index contributed by atoms with van der Waals surface area (Å²) in [5, 5.41) is 3.50. The van der Waals surface area contributed by atoms with Crippen LogP contribution in [-0.2, 0) is 0 Å². The van der Waals surface area contributed by atoms with Crippen molar-refractivity contribution >= 4 is 21.7 Å². The van der Waals surface area contributed by atoms with E-state index >= 15 is 0 Å². The van der Waals surface area contributed by atoms with Gasteiger partial charge in [0.25, 0.3) is 0 Å². The fraction of sp³-hybridized carbons (Fsp3) is 0.533. The largest absolute Gasteiger partial charge is 0.314 e. The Morgan fingerprint density at radius 1 is 1.17 bits per heavy atom. The van der Waals surface area contributed by atoms with Gasteiger partial charge in [-0.05, 0) is 25.0 Å². The van der Waals surface area contributed by atoms with Crippen LogP contribution in [0.25, 0.3) is 0 Å². The summed E-state index contributed by atoms with van der Waals surface area (Å²) < 4.78 is 1.01. The second kappa shape index (κ2) is 7.05. The number of rotatable bonds is 5. The first-order valence-corrected chi connectivity index (χ1v) is 7.57. The Morgan fingerprint density at radius 3 is 2.50 bits per heavy atom.